The lowest BCUT2D eigenvalue weighted by Crippen LogP contribution is -2.25. The Morgan fingerprint density at radius 2 is 1.92 bits per heavy atom. The van der Waals surface area contributed by atoms with Crippen molar-refractivity contribution in [1.29, 1.82) is 0 Å². The highest BCUT2D eigenvalue weighted by molar-refractivity contribution is 9.10. The quantitative estimate of drug-likeness (QED) is 0.572. The lowest BCUT2D eigenvalue weighted by molar-refractivity contribution is 0.112. The number of aryl methyl sites for hydroxylation is 2. The number of hydrogen-bond acceptors (Lipinski definition) is 3. The summed E-state index contributed by atoms with van der Waals surface area (Å²) < 4.78 is 7.71. The number of hydrogen-bond donors (Lipinski definition) is 0. The maximum absolute atomic E-state index is 12.6. The summed E-state index contributed by atoms with van der Waals surface area (Å²) in [4.78, 5) is 23.9. The Morgan fingerprint density at radius 1 is 1.20 bits per heavy atom. The Balaban J connectivity index is 2.10. The lowest BCUT2D eigenvalue weighted by Gasteiger charge is -2.14. The van der Waals surface area contributed by atoms with Crippen LogP contribution in [-0.2, 0) is 13.0 Å². The van der Waals surface area contributed by atoms with Gasteiger partial charge in [-0.15, -0.1) is 0 Å². The average molecular weight is 421 g/mol. The van der Waals surface area contributed by atoms with Crippen molar-refractivity contribution in [2.45, 2.75) is 13.0 Å². The monoisotopic (exact) mass is 419 g/mol. The van der Waals surface area contributed by atoms with Crippen molar-refractivity contribution in [3.05, 3.63) is 73.4 Å². The molecule has 0 saturated heterocycles. The summed E-state index contributed by atoms with van der Waals surface area (Å²) in [5.74, 6) is 0.631. The van der Waals surface area contributed by atoms with Gasteiger partial charge in [0.15, 0.2) is 6.29 Å². The van der Waals surface area contributed by atoms with Gasteiger partial charge >= 0.3 is 0 Å². The molecule has 0 atom stereocenters. The van der Waals surface area contributed by atoms with Crippen LogP contribution in [0.5, 0.6) is 5.75 Å². The van der Waals surface area contributed by atoms with Crippen LogP contribution in [0.25, 0.3) is 10.9 Å². The van der Waals surface area contributed by atoms with E-state index in [1.54, 1.807) is 23.8 Å². The fourth-order valence-electron chi connectivity index (χ4n) is 2.76. The van der Waals surface area contributed by atoms with E-state index in [0.29, 0.717) is 30.0 Å². The summed E-state index contributed by atoms with van der Waals surface area (Å²) in [7, 11) is 1.57. The Kier molecular flexibility index (Phi) is 5.25. The van der Waals surface area contributed by atoms with Crippen LogP contribution >= 0.6 is 27.5 Å². The molecule has 3 aromatic rings. The van der Waals surface area contributed by atoms with Crippen LogP contribution in [0.4, 0.5) is 0 Å². The summed E-state index contributed by atoms with van der Waals surface area (Å²) >= 11 is 9.34. The molecule has 0 unspecified atom stereocenters. The van der Waals surface area contributed by atoms with Gasteiger partial charge in [0.25, 0.3) is 5.56 Å². The van der Waals surface area contributed by atoms with Crippen LogP contribution in [-0.4, -0.2) is 18.0 Å². The van der Waals surface area contributed by atoms with Crippen molar-refractivity contribution in [3.8, 4) is 5.75 Å². The second kappa shape index (κ2) is 7.42. The number of methoxy groups -OCH3 is 1. The second-order valence-corrected chi connectivity index (χ2v) is 6.89. The first-order valence-electron chi connectivity index (χ1n) is 7.64. The Bertz CT molecular complexity index is 996. The highest BCUT2D eigenvalue weighted by atomic mass is 79.9. The van der Waals surface area contributed by atoms with E-state index in [4.69, 9.17) is 16.3 Å². The fourth-order valence-corrected chi connectivity index (χ4v) is 3.41. The molecule has 2 aromatic carbocycles. The number of nitrogens with zero attached hydrogens (tertiary/aromatic N) is 1. The molecule has 0 aliphatic heterocycles. The normalized spacial score (nSPS) is 10.8. The number of pyridine rings is 1. The van der Waals surface area contributed by atoms with E-state index in [0.717, 1.165) is 20.9 Å². The van der Waals surface area contributed by atoms with Gasteiger partial charge in [-0.25, -0.2) is 0 Å². The summed E-state index contributed by atoms with van der Waals surface area (Å²) in [5.41, 5.74) is 1.62. The number of benzene rings is 2. The molecule has 0 radical (unpaired) electrons. The van der Waals surface area contributed by atoms with Gasteiger partial charge in [-0.2, -0.15) is 0 Å². The Hall–Kier alpha value is -2.11. The zero-order valence-electron chi connectivity index (χ0n) is 13.5. The van der Waals surface area contributed by atoms with Crippen molar-refractivity contribution < 1.29 is 9.53 Å². The van der Waals surface area contributed by atoms with E-state index in [9.17, 15) is 9.59 Å². The zero-order valence-corrected chi connectivity index (χ0v) is 15.8. The predicted octanol–water partition coefficient (Wildman–Crippen LogP) is 4.48. The van der Waals surface area contributed by atoms with Gasteiger partial charge in [0.05, 0.1) is 22.7 Å². The van der Waals surface area contributed by atoms with Gasteiger partial charge in [0.1, 0.15) is 5.75 Å². The average Bonchev–Trinajstić information content (AvgIpc) is 2.61. The van der Waals surface area contributed by atoms with Gasteiger partial charge in [-0.1, -0.05) is 23.7 Å². The lowest BCUT2D eigenvalue weighted by atomic mass is 10.1. The molecule has 0 aliphatic rings. The third-order valence-electron chi connectivity index (χ3n) is 4.06. The van der Waals surface area contributed by atoms with E-state index >= 15 is 0 Å². The smallest absolute Gasteiger partial charge is 0.261 e. The number of fused-ring (bicyclic) bond motifs is 1. The molecule has 1 heterocycles. The second-order valence-electron chi connectivity index (χ2n) is 5.60. The van der Waals surface area contributed by atoms with E-state index in [1.807, 2.05) is 30.3 Å². The van der Waals surface area contributed by atoms with E-state index in [1.165, 1.54) is 0 Å². The number of carbonyl (C=O) groups is 1. The SMILES string of the molecule is COc1cc2c(cc1Br)cc(C=O)c(=O)n2CCc1ccc(Cl)cc1. The molecule has 0 spiro atoms. The summed E-state index contributed by atoms with van der Waals surface area (Å²) in [6, 6.07) is 12.7. The van der Waals surface area contributed by atoms with Crippen molar-refractivity contribution in [2.24, 2.45) is 0 Å². The molecule has 6 heteroatoms. The third kappa shape index (κ3) is 3.62. The predicted molar refractivity (Wildman–Crippen MR) is 103 cm³/mol. The van der Waals surface area contributed by atoms with Gasteiger partial charge < -0.3 is 9.30 Å². The number of ether oxygens (including phenoxy) is 1. The first kappa shape index (κ1) is 17.7. The number of carbonyl (C=O) groups excluding carboxylic acids is 1. The van der Waals surface area contributed by atoms with Crippen LogP contribution < -0.4 is 10.3 Å². The van der Waals surface area contributed by atoms with Crippen molar-refractivity contribution in [1.82, 2.24) is 4.57 Å². The standard InChI is InChI=1S/C19H15BrClNO3/c1-25-18-10-17-13(9-16(18)20)8-14(11-23)19(24)22(17)7-6-12-2-4-15(21)5-3-12/h2-5,8-11H,6-7H2,1H3. The topological polar surface area (TPSA) is 48.3 Å². The van der Waals surface area contributed by atoms with Gasteiger partial charge in [-0.3, -0.25) is 9.59 Å². The molecule has 0 saturated carbocycles. The van der Waals surface area contributed by atoms with Crippen LogP contribution in [0.15, 0.2) is 51.7 Å². The minimum absolute atomic E-state index is 0.140. The summed E-state index contributed by atoms with van der Waals surface area (Å²) in [6.45, 7) is 0.448. The first-order valence-corrected chi connectivity index (χ1v) is 8.81. The van der Waals surface area contributed by atoms with Gasteiger partial charge in [-0.05, 0) is 52.2 Å². The Morgan fingerprint density at radius 3 is 2.56 bits per heavy atom. The van der Waals surface area contributed by atoms with Gasteiger partial charge in [0, 0.05) is 23.0 Å². The minimum atomic E-state index is -0.305. The van der Waals surface area contributed by atoms with E-state index < -0.39 is 0 Å². The zero-order chi connectivity index (χ0) is 18.0. The molecule has 0 fully saturated rings. The molecule has 0 aliphatic carbocycles. The molecular formula is C19H15BrClNO3. The number of halogens is 2. The molecule has 128 valence electrons. The highest BCUT2D eigenvalue weighted by Crippen LogP contribution is 2.30. The summed E-state index contributed by atoms with van der Waals surface area (Å²) in [5, 5.41) is 1.47. The van der Waals surface area contributed by atoms with Crippen LogP contribution in [0.2, 0.25) is 5.02 Å². The fraction of sp³-hybridized carbons (Fsp3) is 0.158. The molecule has 0 N–H and O–H groups in total. The van der Waals surface area contributed by atoms with Crippen molar-refractivity contribution in [3.63, 3.8) is 0 Å². The highest BCUT2D eigenvalue weighted by Gasteiger charge is 2.12. The number of rotatable bonds is 5. The van der Waals surface area contributed by atoms with Crippen molar-refractivity contribution >= 4 is 44.7 Å². The maximum Gasteiger partial charge on any atom is 0.261 e. The third-order valence-corrected chi connectivity index (χ3v) is 4.93. The molecule has 0 amide bonds. The van der Waals surface area contributed by atoms with E-state index in [-0.39, 0.29) is 11.1 Å². The van der Waals surface area contributed by atoms with Gasteiger partial charge in [0.2, 0.25) is 0 Å². The molecular weight excluding hydrogens is 406 g/mol. The van der Waals surface area contributed by atoms with Crippen molar-refractivity contribution in [2.75, 3.05) is 7.11 Å². The van der Waals surface area contributed by atoms with E-state index in [2.05, 4.69) is 15.9 Å². The Labute approximate surface area is 158 Å². The molecule has 0 bridgehead atoms. The largest absolute Gasteiger partial charge is 0.495 e. The molecule has 3 rings (SSSR count). The van der Waals surface area contributed by atoms with Crippen LogP contribution in [0, 0.1) is 0 Å². The number of aromatic nitrogens is 1. The summed E-state index contributed by atoms with van der Waals surface area (Å²) in [6.07, 6.45) is 1.24. The van der Waals surface area contributed by atoms with Crippen LogP contribution in [0.3, 0.4) is 0 Å². The maximum atomic E-state index is 12.6. The molecule has 1 aromatic heterocycles. The minimum Gasteiger partial charge on any atom is -0.495 e. The van der Waals surface area contributed by atoms with Crippen LogP contribution in [0.1, 0.15) is 15.9 Å². The molecule has 4 nitrogen and oxygen atoms in total. The molecule has 25 heavy (non-hydrogen) atoms. The number of aldehydes is 1. The first-order chi connectivity index (χ1) is 12.0.